The lowest BCUT2D eigenvalue weighted by atomic mass is 10.2. The Morgan fingerprint density at radius 3 is 2.80 bits per heavy atom. The Morgan fingerprint density at radius 1 is 1.47 bits per heavy atom. The molecule has 2 rings (SSSR count). The maximum absolute atomic E-state index is 8.63. The van der Waals surface area contributed by atoms with Crippen molar-refractivity contribution in [1.82, 2.24) is 4.98 Å². The average Bonchev–Trinajstić information content (AvgIpc) is 2.74. The summed E-state index contributed by atoms with van der Waals surface area (Å²) in [5.74, 6) is 0.323. The van der Waals surface area contributed by atoms with Crippen molar-refractivity contribution in [3.8, 4) is 6.07 Å². The van der Waals surface area contributed by atoms with Crippen molar-refractivity contribution >= 4 is 11.1 Å². The minimum atomic E-state index is 0.323. The van der Waals surface area contributed by atoms with Crippen molar-refractivity contribution in [2.24, 2.45) is 0 Å². The standard InChI is InChI=1S/C10H8N2O.C2H6/c1-2-7-3-4-12-9-5-8(6-11)13-10(7)9;1-2/h3-5H,2H2,1H3;1-2H3. The van der Waals surface area contributed by atoms with Gasteiger partial charge in [-0.25, -0.2) is 0 Å². The van der Waals surface area contributed by atoms with E-state index in [9.17, 15) is 0 Å². The molecule has 0 N–H and O–H groups in total. The summed E-state index contributed by atoms with van der Waals surface area (Å²) in [6, 6.07) is 5.53. The zero-order valence-electron chi connectivity index (χ0n) is 9.24. The SMILES string of the molecule is CC.CCc1ccnc2cc(C#N)oc12. The van der Waals surface area contributed by atoms with E-state index in [1.807, 2.05) is 32.9 Å². The highest BCUT2D eigenvalue weighted by Gasteiger charge is 2.06. The van der Waals surface area contributed by atoms with Gasteiger partial charge >= 0.3 is 0 Å². The van der Waals surface area contributed by atoms with Crippen LogP contribution in [-0.4, -0.2) is 4.98 Å². The van der Waals surface area contributed by atoms with Crippen LogP contribution in [0.15, 0.2) is 22.7 Å². The Bertz CT molecular complexity index is 480. The van der Waals surface area contributed by atoms with E-state index in [0.717, 1.165) is 23.1 Å². The molecule has 0 aliphatic heterocycles. The molecular formula is C12H14N2O. The second-order valence-electron chi connectivity index (χ2n) is 2.76. The molecule has 0 aliphatic rings. The molecule has 0 radical (unpaired) electrons. The van der Waals surface area contributed by atoms with Gasteiger partial charge in [-0.05, 0) is 18.1 Å². The van der Waals surface area contributed by atoms with Crippen LogP contribution in [0.4, 0.5) is 0 Å². The smallest absolute Gasteiger partial charge is 0.206 e. The van der Waals surface area contributed by atoms with Gasteiger partial charge in [0.05, 0.1) is 0 Å². The molecule has 0 aliphatic carbocycles. The van der Waals surface area contributed by atoms with Crippen molar-refractivity contribution in [1.29, 1.82) is 5.26 Å². The van der Waals surface area contributed by atoms with Gasteiger partial charge in [0.1, 0.15) is 11.6 Å². The van der Waals surface area contributed by atoms with Gasteiger partial charge in [0.2, 0.25) is 5.76 Å². The van der Waals surface area contributed by atoms with Gasteiger partial charge in [0.25, 0.3) is 0 Å². The number of rotatable bonds is 1. The van der Waals surface area contributed by atoms with E-state index in [1.165, 1.54) is 0 Å². The fourth-order valence-corrected chi connectivity index (χ4v) is 1.32. The third kappa shape index (κ3) is 2.16. The number of hydrogen-bond acceptors (Lipinski definition) is 3. The van der Waals surface area contributed by atoms with Crippen molar-refractivity contribution in [2.75, 3.05) is 0 Å². The monoisotopic (exact) mass is 202 g/mol. The first kappa shape index (κ1) is 11.3. The molecule has 0 bridgehead atoms. The Morgan fingerprint density at radius 2 is 2.20 bits per heavy atom. The number of nitrogens with zero attached hydrogens (tertiary/aromatic N) is 2. The third-order valence-corrected chi connectivity index (χ3v) is 1.98. The summed E-state index contributed by atoms with van der Waals surface area (Å²) >= 11 is 0. The summed E-state index contributed by atoms with van der Waals surface area (Å²) < 4.78 is 5.32. The molecule has 2 heterocycles. The number of fused-ring (bicyclic) bond motifs is 1. The molecule has 3 heteroatoms. The highest BCUT2D eigenvalue weighted by molar-refractivity contribution is 5.77. The van der Waals surface area contributed by atoms with E-state index < -0.39 is 0 Å². The highest BCUT2D eigenvalue weighted by Crippen LogP contribution is 2.20. The summed E-state index contributed by atoms with van der Waals surface area (Å²) in [5.41, 5.74) is 2.59. The molecule has 0 fully saturated rings. The van der Waals surface area contributed by atoms with Crippen LogP contribution < -0.4 is 0 Å². The first-order valence-electron chi connectivity index (χ1n) is 5.12. The molecule has 0 spiro atoms. The molecule has 0 saturated carbocycles. The van der Waals surface area contributed by atoms with Crippen molar-refractivity contribution in [3.63, 3.8) is 0 Å². The van der Waals surface area contributed by atoms with Gasteiger partial charge in [0.15, 0.2) is 5.58 Å². The van der Waals surface area contributed by atoms with E-state index in [4.69, 9.17) is 9.68 Å². The van der Waals surface area contributed by atoms with Gasteiger partial charge in [-0.1, -0.05) is 20.8 Å². The Hall–Kier alpha value is -1.82. The third-order valence-electron chi connectivity index (χ3n) is 1.98. The zero-order valence-corrected chi connectivity index (χ0v) is 9.24. The van der Waals surface area contributed by atoms with E-state index in [-0.39, 0.29) is 0 Å². The predicted molar refractivity (Wildman–Crippen MR) is 59.5 cm³/mol. The van der Waals surface area contributed by atoms with E-state index in [0.29, 0.717) is 5.76 Å². The van der Waals surface area contributed by atoms with E-state index >= 15 is 0 Å². The first-order valence-corrected chi connectivity index (χ1v) is 5.12. The number of aryl methyl sites for hydroxylation is 1. The van der Waals surface area contributed by atoms with Crippen LogP contribution in [-0.2, 0) is 6.42 Å². The predicted octanol–water partition coefficient (Wildman–Crippen LogP) is 3.29. The van der Waals surface area contributed by atoms with Crippen LogP contribution in [0.1, 0.15) is 32.1 Å². The molecular weight excluding hydrogens is 188 g/mol. The Labute approximate surface area is 89.4 Å². The minimum Gasteiger partial charge on any atom is -0.444 e. The molecule has 0 aromatic carbocycles. The summed E-state index contributed by atoms with van der Waals surface area (Å²) in [7, 11) is 0. The lowest BCUT2D eigenvalue weighted by molar-refractivity contribution is 0.595. The van der Waals surface area contributed by atoms with Crippen LogP contribution in [0.25, 0.3) is 11.1 Å². The van der Waals surface area contributed by atoms with Gasteiger partial charge < -0.3 is 4.42 Å². The van der Waals surface area contributed by atoms with Gasteiger partial charge in [0, 0.05) is 12.3 Å². The minimum absolute atomic E-state index is 0.323. The number of nitriles is 1. The lowest BCUT2D eigenvalue weighted by Gasteiger charge is -1.94. The van der Waals surface area contributed by atoms with Gasteiger partial charge in [-0.3, -0.25) is 4.98 Å². The highest BCUT2D eigenvalue weighted by atomic mass is 16.3. The molecule has 78 valence electrons. The summed E-state index contributed by atoms with van der Waals surface area (Å²) in [5, 5.41) is 8.63. The fourth-order valence-electron chi connectivity index (χ4n) is 1.32. The number of hydrogen-bond donors (Lipinski definition) is 0. The van der Waals surface area contributed by atoms with Crippen molar-refractivity contribution in [3.05, 3.63) is 29.7 Å². The zero-order chi connectivity index (χ0) is 11.3. The van der Waals surface area contributed by atoms with E-state index in [2.05, 4.69) is 4.98 Å². The molecule has 0 saturated heterocycles. The summed E-state index contributed by atoms with van der Waals surface area (Å²) in [6.45, 7) is 6.04. The molecule has 15 heavy (non-hydrogen) atoms. The van der Waals surface area contributed by atoms with Crippen molar-refractivity contribution in [2.45, 2.75) is 27.2 Å². The van der Waals surface area contributed by atoms with Crippen LogP contribution in [0, 0.1) is 11.3 Å². The molecule has 2 aromatic heterocycles. The molecule has 0 unspecified atom stereocenters. The second-order valence-corrected chi connectivity index (χ2v) is 2.76. The lowest BCUT2D eigenvalue weighted by Crippen LogP contribution is -1.81. The first-order chi connectivity index (χ1) is 7.35. The average molecular weight is 202 g/mol. The number of pyridine rings is 1. The van der Waals surface area contributed by atoms with Crippen LogP contribution in [0.2, 0.25) is 0 Å². The maximum atomic E-state index is 8.63. The summed E-state index contributed by atoms with van der Waals surface area (Å²) in [4.78, 5) is 4.11. The topological polar surface area (TPSA) is 49.8 Å². The quantitative estimate of drug-likeness (QED) is 0.713. The van der Waals surface area contributed by atoms with Crippen LogP contribution in [0.5, 0.6) is 0 Å². The van der Waals surface area contributed by atoms with Crippen LogP contribution in [0.3, 0.4) is 0 Å². The molecule has 3 nitrogen and oxygen atoms in total. The largest absolute Gasteiger partial charge is 0.444 e. The van der Waals surface area contributed by atoms with Gasteiger partial charge in [-0.15, -0.1) is 0 Å². The summed E-state index contributed by atoms with van der Waals surface area (Å²) in [6.07, 6.45) is 2.62. The molecule has 0 amide bonds. The second kappa shape index (κ2) is 5.16. The fraction of sp³-hybridized carbons (Fsp3) is 0.333. The van der Waals surface area contributed by atoms with Gasteiger partial charge in [-0.2, -0.15) is 5.26 Å². The number of furan rings is 1. The Balaban J connectivity index is 0.000000531. The normalized spacial score (nSPS) is 9.20. The Kier molecular flexibility index (Phi) is 3.87. The van der Waals surface area contributed by atoms with E-state index in [1.54, 1.807) is 12.3 Å². The van der Waals surface area contributed by atoms with Crippen LogP contribution >= 0.6 is 0 Å². The van der Waals surface area contributed by atoms with Crippen molar-refractivity contribution < 1.29 is 4.42 Å². The maximum Gasteiger partial charge on any atom is 0.206 e. The molecule has 2 aromatic rings. The number of aromatic nitrogens is 1. The molecule has 0 atom stereocenters.